The Labute approximate surface area is 169 Å². The van der Waals surface area contributed by atoms with Crippen LogP contribution in [0.15, 0.2) is 0 Å². The van der Waals surface area contributed by atoms with Crippen molar-refractivity contribution in [2.24, 2.45) is 23.2 Å². The predicted octanol–water partition coefficient (Wildman–Crippen LogP) is 8.51. The molecule has 156 valence electrons. The Hall–Kier alpha value is 0.0200. The van der Waals surface area contributed by atoms with Gasteiger partial charge in [-0.1, -0.05) is 105 Å². The molecule has 0 saturated carbocycles. The van der Waals surface area contributed by atoms with E-state index in [4.69, 9.17) is 0 Å². The summed E-state index contributed by atoms with van der Waals surface area (Å²) in [7, 11) is 0. The van der Waals surface area contributed by atoms with Crippen molar-refractivity contribution in [1.29, 1.82) is 0 Å². The summed E-state index contributed by atoms with van der Waals surface area (Å²) in [6, 6.07) is 0. The Morgan fingerprint density at radius 2 is 1.35 bits per heavy atom. The number of carbonyl (C=O) groups is 1. The van der Waals surface area contributed by atoms with Crippen molar-refractivity contribution in [2.45, 2.75) is 119 Å². The first-order valence-corrected chi connectivity index (χ1v) is 12.3. The zero-order valence-electron chi connectivity index (χ0n) is 19.0. The molecule has 1 unspecified atom stereocenters. The average molecular weight is 385 g/mol. The van der Waals surface area contributed by atoms with E-state index in [1.807, 2.05) is 0 Å². The topological polar surface area (TPSA) is 17.1 Å². The monoisotopic (exact) mass is 384 g/mol. The molecule has 0 rings (SSSR count). The van der Waals surface area contributed by atoms with Gasteiger partial charge in [0.15, 0.2) is 5.12 Å². The molecule has 0 N–H and O–H groups in total. The molecular formula is C24H48OS. The molecule has 26 heavy (non-hydrogen) atoms. The highest BCUT2D eigenvalue weighted by molar-refractivity contribution is 8.13. The maximum Gasteiger partial charge on any atom is 0.188 e. The standard InChI is InChI=1S/C24H48OS/c1-20(2)16-17-22(21(3)4)19-26-23(25)15-13-11-9-8-10-12-14-18-24(5,6)7/h20-22H,8-19H2,1-7H3. The average Bonchev–Trinajstić information content (AvgIpc) is 2.51. The van der Waals surface area contributed by atoms with Gasteiger partial charge in [0.1, 0.15) is 0 Å². The van der Waals surface area contributed by atoms with Crippen LogP contribution in [0.3, 0.4) is 0 Å². The van der Waals surface area contributed by atoms with Gasteiger partial charge >= 0.3 is 0 Å². The summed E-state index contributed by atoms with van der Waals surface area (Å²) in [5, 5.41) is 0.422. The van der Waals surface area contributed by atoms with Crippen LogP contribution in [0.25, 0.3) is 0 Å². The zero-order valence-corrected chi connectivity index (χ0v) is 19.9. The summed E-state index contributed by atoms with van der Waals surface area (Å²) in [6.07, 6.45) is 13.7. The van der Waals surface area contributed by atoms with Gasteiger partial charge in [-0.15, -0.1) is 0 Å². The van der Waals surface area contributed by atoms with Crippen LogP contribution >= 0.6 is 11.8 Å². The van der Waals surface area contributed by atoms with Crippen molar-refractivity contribution in [3.05, 3.63) is 0 Å². The van der Waals surface area contributed by atoms with Gasteiger partial charge < -0.3 is 0 Å². The molecule has 0 fully saturated rings. The van der Waals surface area contributed by atoms with E-state index in [1.165, 1.54) is 57.8 Å². The van der Waals surface area contributed by atoms with Crippen molar-refractivity contribution >= 4 is 16.9 Å². The minimum absolute atomic E-state index is 0.422. The van der Waals surface area contributed by atoms with Crippen molar-refractivity contribution in [3.8, 4) is 0 Å². The predicted molar refractivity (Wildman–Crippen MR) is 121 cm³/mol. The van der Waals surface area contributed by atoms with Crippen LogP contribution in [0, 0.1) is 23.2 Å². The summed E-state index contributed by atoms with van der Waals surface area (Å²) in [5.41, 5.74) is 0.487. The fourth-order valence-electron chi connectivity index (χ4n) is 3.24. The zero-order chi connectivity index (χ0) is 20.0. The molecule has 0 bridgehead atoms. The van der Waals surface area contributed by atoms with E-state index < -0.39 is 0 Å². The molecule has 0 radical (unpaired) electrons. The molecule has 0 aromatic rings. The first-order valence-electron chi connectivity index (χ1n) is 11.3. The minimum atomic E-state index is 0.422. The summed E-state index contributed by atoms with van der Waals surface area (Å²) in [5.74, 6) is 3.17. The molecular weight excluding hydrogens is 336 g/mol. The van der Waals surface area contributed by atoms with E-state index in [1.54, 1.807) is 11.8 Å². The molecule has 1 atom stereocenters. The van der Waals surface area contributed by atoms with Gasteiger partial charge in [0.05, 0.1) is 0 Å². The Morgan fingerprint density at radius 3 is 1.85 bits per heavy atom. The largest absolute Gasteiger partial charge is 0.287 e. The Balaban J connectivity index is 3.61. The van der Waals surface area contributed by atoms with Crippen LogP contribution in [-0.2, 0) is 4.79 Å². The van der Waals surface area contributed by atoms with Crippen LogP contribution < -0.4 is 0 Å². The van der Waals surface area contributed by atoms with Gasteiger partial charge in [0.2, 0.25) is 0 Å². The summed E-state index contributed by atoms with van der Waals surface area (Å²) < 4.78 is 0. The highest BCUT2D eigenvalue weighted by atomic mass is 32.2. The Bertz CT molecular complexity index is 341. The van der Waals surface area contributed by atoms with Crippen LogP contribution in [0.2, 0.25) is 0 Å². The SMILES string of the molecule is CC(C)CCC(CSC(=O)CCCCCCCCCC(C)(C)C)C(C)C. The first kappa shape index (κ1) is 26.0. The Kier molecular flexibility index (Phi) is 15.0. The fourth-order valence-corrected chi connectivity index (χ4v) is 4.48. The number of hydrogen-bond acceptors (Lipinski definition) is 2. The van der Waals surface area contributed by atoms with Crippen molar-refractivity contribution in [1.82, 2.24) is 0 Å². The second kappa shape index (κ2) is 15.0. The molecule has 0 spiro atoms. The molecule has 0 aliphatic heterocycles. The lowest BCUT2D eigenvalue weighted by Crippen LogP contribution is -2.14. The van der Waals surface area contributed by atoms with E-state index >= 15 is 0 Å². The number of thioether (sulfide) groups is 1. The highest BCUT2D eigenvalue weighted by Gasteiger charge is 2.16. The van der Waals surface area contributed by atoms with Gasteiger partial charge in [0.25, 0.3) is 0 Å². The maximum atomic E-state index is 12.1. The third-order valence-corrected chi connectivity index (χ3v) is 6.44. The van der Waals surface area contributed by atoms with E-state index in [0.717, 1.165) is 24.5 Å². The van der Waals surface area contributed by atoms with E-state index in [2.05, 4.69) is 48.5 Å². The lowest BCUT2D eigenvalue weighted by Gasteiger charge is -2.21. The summed E-state index contributed by atoms with van der Waals surface area (Å²) in [6.45, 7) is 16.2. The van der Waals surface area contributed by atoms with Crippen molar-refractivity contribution in [2.75, 3.05) is 5.75 Å². The quantitative estimate of drug-likeness (QED) is 0.263. The number of rotatable bonds is 15. The molecule has 0 aromatic heterocycles. The van der Waals surface area contributed by atoms with Gasteiger partial charge in [0, 0.05) is 12.2 Å². The molecule has 1 nitrogen and oxygen atoms in total. The molecule has 2 heteroatoms. The van der Waals surface area contributed by atoms with Gasteiger partial charge in [-0.3, -0.25) is 4.79 Å². The van der Waals surface area contributed by atoms with Crippen LogP contribution in [0.5, 0.6) is 0 Å². The molecule has 0 aliphatic carbocycles. The van der Waals surface area contributed by atoms with Crippen molar-refractivity contribution < 1.29 is 4.79 Å². The van der Waals surface area contributed by atoms with E-state index in [0.29, 0.717) is 22.4 Å². The van der Waals surface area contributed by atoms with Crippen LogP contribution in [-0.4, -0.2) is 10.9 Å². The van der Waals surface area contributed by atoms with Crippen LogP contribution in [0.1, 0.15) is 119 Å². The molecule has 0 saturated heterocycles. The minimum Gasteiger partial charge on any atom is -0.287 e. The summed E-state index contributed by atoms with van der Waals surface area (Å²) in [4.78, 5) is 12.1. The van der Waals surface area contributed by atoms with Crippen molar-refractivity contribution in [3.63, 3.8) is 0 Å². The van der Waals surface area contributed by atoms with Gasteiger partial charge in [-0.25, -0.2) is 0 Å². The Morgan fingerprint density at radius 1 is 0.808 bits per heavy atom. The van der Waals surface area contributed by atoms with Crippen LogP contribution in [0.4, 0.5) is 0 Å². The normalized spacial score (nSPS) is 13.6. The van der Waals surface area contributed by atoms with Gasteiger partial charge in [-0.2, -0.15) is 0 Å². The second-order valence-corrected chi connectivity index (χ2v) is 11.3. The lowest BCUT2D eigenvalue weighted by atomic mass is 9.89. The number of unbranched alkanes of at least 4 members (excludes halogenated alkanes) is 6. The molecule has 0 heterocycles. The molecule has 0 aliphatic rings. The highest BCUT2D eigenvalue weighted by Crippen LogP contribution is 2.26. The third kappa shape index (κ3) is 17.4. The van der Waals surface area contributed by atoms with Gasteiger partial charge in [-0.05, 0) is 42.4 Å². The fraction of sp³-hybridized carbons (Fsp3) is 0.958. The van der Waals surface area contributed by atoms with E-state index in [9.17, 15) is 4.79 Å². The number of carbonyl (C=O) groups excluding carboxylic acids is 1. The number of hydrogen-bond donors (Lipinski definition) is 0. The molecule has 0 amide bonds. The smallest absolute Gasteiger partial charge is 0.188 e. The van der Waals surface area contributed by atoms with E-state index in [-0.39, 0.29) is 0 Å². The lowest BCUT2D eigenvalue weighted by molar-refractivity contribution is -0.111. The summed E-state index contributed by atoms with van der Waals surface area (Å²) >= 11 is 1.60. The third-order valence-electron chi connectivity index (χ3n) is 5.32. The molecule has 0 aromatic carbocycles. The second-order valence-electron chi connectivity index (χ2n) is 10.2. The maximum absolute atomic E-state index is 12.1. The first-order chi connectivity index (χ1) is 12.1.